The van der Waals surface area contributed by atoms with Gasteiger partial charge in [-0.2, -0.15) is 0 Å². The SMILES string of the molecule is Cc1ccccc1OCCCN(C)CC(=O)NCC(=O)O.Cl. The van der Waals surface area contributed by atoms with Crippen LogP contribution in [0.15, 0.2) is 24.3 Å². The van der Waals surface area contributed by atoms with Crippen molar-refractivity contribution in [3.05, 3.63) is 29.8 Å². The molecule has 0 spiro atoms. The molecule has 0 aliphatic heterocycles. The van der Waals surface area contributed by atoms with Crippen molar-refractivity contribution in [2.45, 2.75) is 13.3 Å². The summed E-state index contributed by atoms with van der Waals surface area (Å²) in [6, 6.07) is 7.82. The molecule has 1 rings (SSSR count). The molecule has 0 atom stereocenters. The molecule has 124 valence electrons. The molecule has 0 aliphatic rings. The summed E-state index contributed by atoms with van der Waals surface area (Å²) in [7, 11) is 1.81. The zero-order chi connectivity index (χ0) is 15.7. The number of aryl methyl sites for hydroxylation is 1. The number of hydrogen-bond acceptors (Lipinski definition) is 4. The second-order valence-corrected chi connectivity index (χ2v) is 4.88. The maximum absolute atomic E-state index is 11.4. The Labute approximate surface area is 136 Å². The standard InChI is InChI=1S/C15H22N2O4.ClH/c1-12-6-3-4-7-13(12)21-9-5-8-17(2)11-14(18)16-10-15(19)20;/h3-4,6-7H,5,8-11H2,1-2H3,(H,16,18)(H,19,20);1H. The topological polar surface area (TPSA) is 78.9 Å². The van der Waals surface area contributed by atoms with Gasteiger partial charge in [0.25, 0.3) is 0 Å². The second kappa shape index (κ2) is 10.9. The number of carbonyl (C=O) groups excluding carboxylic acids is 1. The van der Waals surface area contributed by atoms with Gasteiger partial charge in [-0.25, -0.2) is 0 Å². The number of amides is 1. The van der Waals surface area contributed by atoms with Crippen LogP contribution in [0.1, 0.15) is 12.0 Å². The first-order valence-electron chi connectivity index (χ1n) is 6.84. The molecular formula is C15H23ClN2O4. The van der Waals surface area contributed by atoms with Gasteiger partial charge in [0.1, 0.15) is 12.3 Å². The number of para-hydroxylation sites is 1. The Morgan fingerprint density at radius 3 is 2.64 bits per heavy atom. The highest BCUT2D eigenvalue weighted by Gasteiger charge is 2.07. The van der Waals surface area contributed by atoms with E-state index in [4.69, 9.17) is 9.84 Å². The summed E-state index contributed by atoms with van der Waals surface area (Å²) in [5.74, 6) is -0.461. The number of rotatable bonds is 9. The first kappa shape index (κ1) is 20.2. The van der Waals surface area contributed by atoms with Crippen molar-refractivity contribution < 1.29 is 19.4 Å². The lowest BCUT2D eigenvalue weighted by molar-refractivity contribution is -0.138. The Morgan fingerprint density at radius 2 is 2.00 bits per heavy atom. The Hall–Kier alpha value is -1.79. The summed E-state index contributed by atoms with van der Waals surface area (Å²) in [5.41, 5.74) is 1.10. The number of nitrogens with one attached hydrogen (secondary N) is 1. The predicted octanol–water partition coefficient (Wildman–Crippen LogP) is 1.32. The molecule has 0 saturated heterocycles. The minimum atomic E-state index is -1.04. The van der Waals surface area contributed by atoms with Gasteiger partial charge in [-0.3, -0.25) is 14.5 Å². The fourth-order valence-corrected chi connectivity index (χ4v) is 1.79. The monoisotopic (exact) mass is 330 g/mol. The largest absolute Gasteiger partial charge is 0.493 e. The van der Waals surface area contributed by atoms with E-state index in [2.05, 4.69) is 5.32 Å². The van der Waals surface area contributed by atoms with Crippen molar-refractivity contribution >= 4 is 24.3 Å². The van der Waals surface area contributed by atoms with Gasteiger partial charge in [-0.15, -0.1) is 12.4 Å². The van der Waals surface area contributed by atoms with Gasteiger partial charge in [0.2, 0.25) is 5.91 Å². The fourth-order valence-electron chi connectivity index (χ4n) is 1.79. The maximum Gasteiger partial charge on any atom is 0.322 e. The van der Waals surface area contributed by atoms with Gasteiger partial charge in [0, 0.05) is 6.54 Å². The zero-order valence-corrected chi connectivity index (χ0v) is 13.7. The van der Waals surface area contributed by atoms with Crippen molar-refractivity contribution in [3.63, 3.8) is 0 Å². The average Bonchev–Trinajstić information content (AvgIpc) is 2.43. The van der Waals surface area contributed by atoms with E-state index < -0.39 is 5.97 Å². The maximum atomic E-state index is 11.4. The van der Waals surface area contributed by atoms with E-state index in [1.54, 1.807) is 0 Å². The Kier molecular flexibility index (Phi) is 9.98. The molecular weight excluding hydrogens is 308 g/mol. The van der Waals surface area contributed by atoms with Gasteiger partial charge in [-0.05, 0) is 32.0 Å². The van der Waals surface area contributed by atoms with Gasteiger partial charge in [0.15, 0.2) is 0 Å². The molecule has 6 nitrogen and oxygen atoms in total. The quantitative estimate of drug-likeness (QED) is 0.668. The number of nitrogens with zero attached hydrogens (tertiary/aromatic N) is 1. The molecule has 0 saturated carbocycles. The molecule has 0 fully saturated rings. The summed E-state index contributed by atoms with van der Waals surface area (Å²) in [5, 5.41) is 10.8. The molecule has 2 N–H and O–H groups in total. The Bertz CT molecular complexity index is 482. The third-order valence-electron chi connectivity index (χ3n) is 2.89. The van der Waals surface area contributed by atoms with Gasteiger partial charge < -0.3 is 15.2 Å². The van der Waals surface area contributed by atoms with Crippen molar-refractivity contribution in [2.75, 3.05) is 33.3 Å². The second-order valence-electron chi connectivity index (χ2n) is 4.88. The van der Waals surface area contributed by atoms with Gasteiger partial charge in [-0.1, -0.05) is 18.2 Å². The van der Waals surface area contributed by atoms with Crippen molar-refractivity contribution in [1.82, 2.24) is 10.2 Å². The molecule has 0 radical (unpaired) electrons. The molecule has 1 amide bonds. The van der Waals surface area contributed by atoms with E-state index >= 15 is 0 Å². The number of benzene rings is 1. The number of hydrogen-bond donors (Lipinski definition) is 2. The third kappa shape index (κ3) is 8.49. The van der Waals surface area contributed by atoms with Crippen LogP contribution in [0.3, 0.4) is 0 Å². The predicted molar refractivity (Wildman–Crippen MR) is 86.7 cm³/mol. The number of ether oxygens (including phenoxy) is 1. The number of aliphatic carboxylic acids is 1. The van der Waals surface area contributed by atoms with Crippen LogP contribution in [-0.2, 0) is 9.59 Å². The Morgan fingerprint density at radius 1 is 1.32 bits per heavy atom. The molecule has 22 heavy (non-hydrogen) atoms. The molecule has 0 unspecified atom stereocenters. The Balaban J connectivity index is 0.00000441. The lowest BCUT2D eigenvalue weighted by atomic mass is 10.2. The summed E-state index contributed by atoms with van der Waals surface area (Å²) in [6.07, 6.45) is 0.789. The third-order valence-corrected chi connectivity index (χ3v) is 2.89. The molecule has 7 heteroatoms. The van der Waals surface area contributed by atoms with Crippen molar-refractivity contribution in [3.8, 4) is 5.75 Å². The normalized spacial score (nSPS) is 9.95. The molecule has 0 bridgehead atoms. The van der Waals surface area contributed by atoms with Crippen LogP contribution < -0.4 is 10.1 Å². The highest BCUT2D eigenvalue weighted by molar-refractivity contribution is 5.85. The van der Waals surface area contributed by atoms with E-state index in [0.29, 0.717) is 13.2 Å². The summed E-state index contributed by atoms with van der Waals surface area (Å²) in [6.45, 7) is 3.10. The first-order chi connectivity index (χ1) is 9.99. The number of carbonyl (C=O) groups is 2. The molecule has 0 heterocycles. The molecule has 1 aromatic rings. The number of carboxylic acid groups (broad SMARTS) is 1. The summed E-state index contributed by atoms with van der Waals surface area (Å²) < 4.78 is 5.67. The highest BCUT2D eigenvalue weighted by Crippen LogP contribution is 2.16. The number of carboxylic acids is 1. The highest BCUT2D eigenvalue weighted by atomic mass is 35.5. The smallest absolute Gasteiger partial charge is 0.322 e. The number of halogens is 1. The minimum Gasteiger partial charge on any atom is -0.493 e. The lowest BCUT2D eigenvalue weighted by Crippen LogP contribution is -2.38. The molecule has 0 aromatic heterocycles. The van der Waals surface area contributed by atoms with Crippen molar-refractivity contribution in [2.24, 2.45) is 0 Å². The molecule has 0 aliphatic carbocycles. The van der Waals surface area contributed by atoms with E-state index in [-0.39, 0.29) is 31.4 Å². The van der Waals surface area contributed by atoms with Crippen LogP contribution in [0.2, 0.25) is 0 Å². The fraction of sp³-hybridized carbons (Fsp3) is 0.467. The van der Waals surface area contributed by atoms with Gasteiger partial charge in [0.05, 0.1) is 13.2 Å². The van der Waals surface area contributed by atoms with Crippen LogP contribution >= 0.6 is 12.4 Å². The van der Waals surface area contributed by atoms with Crippen LogP contribution in [0.4, 0.5) is 0 Å². The summed E-state index contributed by atoms with van der Waals surface area (Å²) >= 11 is 0. The minimum absolute atomic E-state index is 0. The van der Waals surface area contributed by atoms with E-state index in [0.717, 1.165) is 17.7 Å². The van der Waals surface area contributed by atoms with E-state index in [9.17, 15) is 9.59 Å². The van der Waals surface area contributed by atoms with Gasteiger partial charge >= 0.3 is 5.97 Å². The van der Waals surface area contributed by atoms with Crippen LogP contribution in [-0.4, -0.2) is 55.2 Å². The summed E-state index contributed by atoms with van der Waals surface area (Å²) in [4.78, 5) is 23.6. The van der Waals surface area contributed by atoms with Crippen LogP contribution in [0, 0.1) is 6.92 Å². The first-order valence-corrected chi connectivity index (χ1v) is 6.84. The zero-order valence-electron chi connectivity index (χ0n) is 12.9. The van der Waals surface area contributed by atoms with Crippen molar-refractivity contribution in [1.29, 1.82) is 0 Å². The lowest BCUT2D eigenvalue weighted by Gasteiger charge is -2.16. The van der Waals surface area contributed by atoms with Crippen LogP contribution in [0.25, 0.3) is 0 Å². The van der Waals surface area contributed by atoms with E-state index in [1.807, 2.05) is 43.1 Å². The average molecular weight is 331 g/mol. The number of likely N-dealkylation sites (N-methyl/N-ethyl adjacent to an activating group) is 1. The van der Waals surface area contributed by atoms with E-state index in [1.165, 1.54) is 0 Å². The molecule has 1 aromatic carbocycles. The van der Waals surface area contributed by atoms with Crippen LogP contribution in [0.5, 0.6) is 5.75 Å².